The Labute approximate surface area is 161 Å². The molecular formula is C16H13BrCl2N2O2S. The van der Waals surface area contributed by atoms with Crippen LogP contribution < -0.4 is 5.01 Å². The number of nitrogens with zero attached hydrogens (tertiary/aromatic N) is 2. The van der Waals surface area contributed by atoms with Crippen molar-refractivity contribution >= 4 is 67.8 Å². The van der Waals surface area contributed by atoms with E-state index >= 15 is 0 Å². The molecule has 8 heteroatoms. The number of benzene rings is 1. The van der Waals surface area contributed by atoms with Crippen molar-refractivity contribution in [2.24, 2.45) is 11.0 Å². The standard InChI is InChI=1S/C16H13BrCl2N2O2S/c1-2-9-14(16(22)23)20-21(11-4-3-8(18)7-10(11)19)15(9)12-5-6-13(17)24-12/h3-7,9,15H,2H2,1H3,(H,22,23). The average molecular weight is 448 g/mol. The first-order chi connectivity index (χ1) is 11.4. The molecule has 1 aromatic carbocycles. The molecular weight excluding hydrogens is 435 g/mol. The number of aliphatic carboxylic acids is 1. The lowest BCUT2D eigenvalue weighted by atomic mass is 9.91. The Kier molecular flexibility index (Phi) is 5.20. The fourth-order valence-corrected chi connectivity index (χ4v) is 4.94. The van der Waals surface area contributed by atoms with Crippen molar-refractivity contribution in [2.45, 2.75) is 19.4 Å². The lowest BCUT2D eigenvalue weighted by Crippen LogP contribution is -2.27. The monoisotopic (exact) mass is 446 g/mol. The van der Waals surface area contributed by atoms with Gasteiger partial charge in [-0.2, -0.15) is 5.10 Å². The van der Waals surface area contributed by atoms with Crippen LogP contribution in [0.3, 0.4) is 0 Å². The largest absolute Gasteiger partial charge is 0.477 e. The zero-order chi connectivity index (χ0) is 17.4. The summed E-state index contributed by atoms with van der Waals surface area (Å²) in [5, 5.41) is 16.6. The van der Waals surface area contributed by atoms with Gasteiger partial charge in [0, 0.05) is 15.8 Å². The van der Waals surface area contributed by atoms with Gasteiger partial charge in [-0.15, -0.1) is 11.3 Å². The summed E-state index contributed by atoms with van der Waals surface area (Å²) in [5.74, 6) is -1.23. The zero-order valence-corrected chi connectivity index (χ0v) is 16.5. The quantitative estimate of drug-likeness (QED) is 0.639. The van der Waals surface area contributed by atoms with Gasteiger partial charge in [-0.1, -0.05) is 30.1 Å². The fourth-order valence-electron chi connectivity index (χ4n) is 2.87. The summed E-state index contributed by atoms with van der Waals surface area (Å²) in [4.78, 5) is 12.7. The lowest BCUT2D eigenvalue weighted by Gasteiger charge is -2.27. The molecule has 1 N–H and O–H groups in total. The highest BCUT2D eigenvalue weighted by Crippen LogP contribution is 2.45. The van der Waals surface area contributed by atoms with Crippen LogP contribution in [0.15, 0.2) is 39.2 Å². The normalized spacial score (nSPS) is 20.3. The Bertz CT molecular complexity index is 824. The van der Waals surface area contributed by atoms with Crippen LogP contribution >= 0.6 is 50.5 Å². The molecule has 2 atom stereocenters. The number of anilines is 1. The predicted molar refractivity (Wildman–Crippen MR) is 103 cm³/mol. The molecule has 2 aromatic rings. The van der Waals surface area contributed by atoms with E-state index in [1.54, 1.807) is 34.5 Å². The number of rotatable bonds is 4. The van der Waals surface area contributed by atoms with Gasteiger partial charge in [0.05, 0.1) is 20.5 Å². The number of hydrogen-bond donors (Lipinski definition) is 1. The maximum atomic E-state index is 11.7. The van der Waals surface area contributed by atoms with Crippen LogP contribution in [0.2, 0.25) is 10.0 Å². The third kappa shape index (κ3) is 3.20. The molecule has 3 rings (SSSR count). The van der Waals surface area contributed by atoms with Gasteiger partial charge in [-0.25, -0.2) is 4.79 Å². The van der Waals surface area contributed by atoms with Crippen LogP contribution in [-0.4, -0.2) is 16.8 Å². The van der Waals surface area contributed by atoms with Crippen LogP contribution in [0.5, 0.6) is 0 Å². The topological polar surface area (TPSA) is 52.9 Å². The van der Waals surface area contributed by atoms with Crippen LogP contribution in [-0.2, 0) is 4.79 Å². The molecule has 4 nitrogen and oxygen atoms in total. The first kappa shape index (κ1) is 17.7. The molecule has 2 unspecified atom stereocenters. The van der Waals surface area contributed by atoms with Crippen LogP contribution in [0.4, 0.5) is 5.69 Å². The van der Waals surface area contributed by atoms with E-state index in [1.165, 1.54) is 0 Å². The maximum absolute atomic E-state index is 11.7. The molecule has 2 heterocycles. The zero-order valence-electron chi connectivity index (χ0n) is 12.5. The van der Waals surface area contributed by atoms with Gasteiger partial charge >= 0.3 is 5.97 Å². The molecule has 0 spiro atoms. The van der Waals surface area contributed by atoms with E-state index in [-0.39, 0.29) is 17.7 Å². The fraction of sp³-hybridized carbons (Fsp3) is 0.250. The molecule has 0 saturated carbocycles. The Morgan fingerprint density at radius 1 is 1.38 bits per heavy atom. The molecule has 0 bridgehead atoms. The van der Waals surface area contributed by atoms with E-state index in [1.807, 2.05) is 19.1 Å². The van der Waals surface area contributed by atoms with E-state index < -0.39 is 5.97 Å². The van der Waals surface area contributed by atoms with E-state index in [0.717, 1.165) is 8.66 Å². The Hall–Kier alpha value is -1.08. The van der Waals surface area contributed by atoms with Crippen LogP contribution in [0.1, 0.15) is 24.3 Å². The maximum Gasteiger partial charge on any atom is 0.352 e. The Morgan fingerprint density at radius 2 is 2.12 bits per heavy atom. The minimum Gasteiger partial charge on any atom is -0.477 e. The third-order valence-corrected chi connectivity index (χ3v) is 6.14. The highest BCUT2D eigenvalue weighted by atomic mass is 79.9. The van der Waals surface area contributed by atoms with Gasteiger partial charge in [0.15, 0.2) is 5.71 Å². The van der Waals surface area contributed by atoms with Crippen molar-refractivity contribution in [3.05, 3.63) is 49.0 Å². The van der Waals surface area contributed by atoms with Gasteiger partial charge in [-0.05, 0) is 52.7 Å². The van der Waals surface area contributed by atoms with E-state index in [0.29, 0.717) is 22.2 Å². The van der Waals surface area contributed by atoms with Crippen molar-refractivity contribution in [3.63, 3.8) is 0 Å². The van der Waals surface area contributed by atoms with Crippen molar-refractivity contribution in [1.29, 1.82) is 0 Å². The molecule has 1 aliphatic rings. The predicted octanol–water partition coefficient (Wildman–Crippen LogP) is 5.85. The number of carboxylic acid groups (broad SMARTS) is 1. The number of thiophene rings is 1. The van der Waals surface area contributed by atoms with Crippen LogP contribution in [0.25, 0.3) is 0 Å². The van der Waals surface area contributed by atoms with Gasteiger partial charge in [0.25, 0.3) is 0 Å². The molecule has 1 aliphatic heterocycles. The number of carbonyl (C=O) groups is 1. The van der Waals surface area contributed by atoms with Crippen molar-refractivity contribution in [3.8, 4) is 0 Å². The van der Waals surface area contributed by atoms with Gasteiger partial charge in [0.2, 0.25) is 0 Å². The summed E-state index contributed by atoms with van der Waals surface area (Å²) in [6.07, 6.45) is 0.660. The van der Waals surface area contributed by atoms with Gasteiger partial charge < -0.3 is 5.11 Å². The minimum atomic E-state index is -1.00. The Morgan fingerprint density at radius 3 is 2.67 bits per heavy atom. The first-order valence-corrected chi connectivity index (χ1v) is 9.60. The number of halogens is 3. The number of carboxylic acids is 1. The highest BCUT2D eigenvalue weighted by Gasteiger charge is 2.42. The summed E-state index contributed by atoms with van der Waals surface area (Å²) < 4.78 is 0.985. The lowest BCUT2D eigenvalue weighted by molar-refractivity contribution is -0.129. The summed E-state index contributed by atoms with van der Waals surface area (Å²) in [5.41, 5.74) is 0.795. The van der Waals surface area contributed by atoms with Crippen molar-refractivity contribution in [2.75, 3.05) is 5.01 Å². The van der Waals surface area contributed by atoms with E-state index in [4.69, 9.17) is 23.2 Å². The van der Waals surface area contributed by atoms with Gasteiger partial charge in [-0.3, -0.25) is 5.01 Å². The highest BCUT2D eigenvalue weighted by molar-refractivity contribution is 9.11. The minimum absolute atomic E-state index is 0.151. The summed E-state index contributed by atoms with van der Waals surface area (Å²) >= 11 is 17.3. The summed E-state index contributed by atoms with van der Waals surface area (Å²) in [6, 6.07) is 8.85. The molecule has 0 amide bonds. The van der Waals surface area contributed by atoms with E-state index in [2.05, 4.69) is 21.0 Å². The molecule has 0 aliphatic carbocycles. The number of hydrogen-bond acceptors (Lipinski definition) is 4. The summed E-state index contributed by atoms with van der Waals surface area (Å²) in [7, 11) is 0. The molecule has 126 valence electrons. The van der Waals surface area contributed by atoms with Crippen LogP contribution in [0, 0.1) is 5.92 Å². The second-order valence-electron chi connectivity index (χ2n) is 5.33. The van der Waals surface area contributed by atoms with E-state index in [9.17, 15) is 9.90 Å². The average Bonchev–Trinajstić information content (AvgIpc) is 3.10. The molecule has 1 aromatic heterocycles. The van der Waals surface area contributed by atoms with Crippen molar-refractivity contribution in [1.82, 2.24) is 0 Å². The molecule has 0 radical (unpaired) electrons. The molecule has 0 fully saturated rings. The second-order valence-corrected chi connectivity index (χ2v) is 8.67. The van der Waals surface area contributed by atoms with Crippen molar-refractivity contribution < 1.29 is 9.90 Å². The third-order valence-electron chi connectivity index (χ3n) is 3.91. The molecule has 0 saturated heterocycles. The smallest absolute Gasteiger partial charge is 0.352 e. The first-order valence-electron chi connectivity index (χ1n) is 7.23. The number of hydrazone groups is 1. The second kappa shape index (κ2) is 7.04. The molecule has 24 heavy (non-hydrogen) atoms. The van der Waals surface area contributed by atoms with Gasteiger partial charge in [0.1, 0.15) is 0 Å². The summed E-state index contributed by atoms with van der Waals surface area (Å²) in [6.45, 7) is 1.96. The Balaban J connectivity index is 2.13. The SMILES string of the molecule is CCC1C(C(=O)O)=NN(c2ccc(Cl)cc2Cl)C1c1ccc(Br)s1.